The third kappa shape index (κ3) is 10.2. The van der Waals surface area contributed by atoms with Crippen LogP contribution >= 0.6 is 23.2 Å². The van der Waals surface area contributed by atoms with Crippen molar-refractivity contribution in [1.82, 2.24) is 24.8 Å². The van der Waals surface area contributed by atoms with Crippen LogP contribution in [0.15, 0.2) is 89.6 Å². The number of aromatic amines is 1. The number of fused-ring (bicyclic) bond motifs is 1. The van der Waals surface area contributed by atoms with Gasteiger partial charge in [0, 0.05) is 56.6 Å². The molecule has 0 unspecified atom stereocenters. The molecule has 1 aliphatic heterocycles. The Labute approximate surface area is 367 Å². The maximum Gasteiger partial charge on any atom is 0.268 e. The van der Waals surface area contributed by atoms with Crippen LogP contribution in [0.5, 0.6) is 17.4 Å². The Bertz CT molecular complexity index is 2510. The topological polar surface area (TPSA) is 139 Å². The lowest BCUT2D eigenvalue weighted by Gasteiger charge is -2.39. The first-order valence-corrected chi connectivity index (χ1v) is 23.1. The zero-order chi connectivity index (χ0) is 42.7. The van der Waals surface area contributed by atoms with Crippen LogP contribution in [0.4, 0.5) is 5.69 Å². The minimum atomic E-state index is -4.40. The molecule has 3 heterocycles. The number of rotatable bonds is 13. The van der Waals surface area contributed by atoms with E-state index < -0.39 is 15.9 Å². The molecule has 3 aromatic carbocycles. The normalized spacial score (nSPS) is 19.9. The molecule has 2 fully saturated rings. The lowest BCUT2D eigenvalue weighted by atomic mass is 9.72. The Hall–Kier alpha value is -4.66. The summed E-state index contributed by atoms with van der Waals surface area (Å²) >= 11 is 12.7. The number of nitrogens with zero attached hydrogens (tertiary/aromatic N) is 4. The van der Waals surface area contributed by atoms with Crippen LogP contribution in [0, 0.1) is 11.3 Å². The summed E-state index contributed by atoms with van der Waals surface area (Å²) < 4.78 is 47.3. The molecule has 0 atom stereocenters. The van der Waals surface area contributed by atoms with Crippen molar-refractivity contribution in [3.63, 3.8) is 0 Å². The number of halogens is 2. The summed E-state index contributed by atoms with van der Waals surface area (Å²) in [6.07, 6.45) is 10.1. The van der Waals surface area contributed by atoms with Crippen LogP contribution in [-0.4, -0.2) is 87.0 Å². The summed E-state index contributed by atoms with van der Waals surface area (Å²) in [5.74, 6) is 0.257. The third-order valence-electron chi connectivity index (χ3n) is 12.3. The van der Waals surface area contributed by atoms with Gasteiger partial charge in [-0.3, -0.25) is 14.8 Å². The van der Waals surface area contributed by atoms with E-state index in [1.807, 2.05) is 30.3 Å². The van der Waals surface area contributed by atoms with Gasteiger partial charge in [-0.1, -0.05) is 60.8 Å². The van der Waals surface area contributed by atoms with Gasteiger partial charge in [-0.2, -0.15) is 5.10 Å². The molecule has 8 rings (SSSR count). The van der Waals surface area contributed by atoms with Gasteiger partial charge in [-0.25, -0.2) is 18.1 Å². The summed E-state index contributed by atoms with van der Waals surface area (Å²) in [5, 5.41) is 8.58. The van der Waals surface area contributed by atoms with Crippen molar-refractivity contribution in [3.8, 4) is 17.4 Å². The van der Waals surface area contributed by atoms with Gasteiger partial charge < -0.3 is 19.1 Å². The number of carbonyl (C=O) groups is 1. The second-order valence-corrected chi connectivity index (χ2v) is 19.7. The fourth-order valence-corrected chi connectivity index (χ4v) is 10.0. The van der Waals surface area contributed by atoms with Gasteiger partial charge in [0.05, 0.1) is 41.6 Å². The number of pyridine rings is 1. The van der Waals surface area contributed by atoms with E-state index in [1.54, 1.807) is 31.5 Å². The van der Waals surface area contributed by atoms with Gasteiger partial charge >= 0.3 is 0 Å². The third-order valence-corrected chi connectivity index (χ3v) is 14.1. The summed E-state index contributed by atoms with van der Waals surface area (Å²) in [4.78, 5) is 22.6. The predicted octanol–water partition coefficient (Wildman–Crippen LogP) is 9.55. The van der Waals surface area contributed by atoms with Crippen LogP contribution in [-0.2, 0) is 14.8 Å². The Morgan fingerprint density at radius 3 is 2.46 bits per heavy atom. The van der Waals surface area contributed by atoms with Crippen molar-refractivity contribution in [2.24, 2.45) is 11.3 Å². The van der Waals surface area contributed by atoms with E-state index in [0.717, 1.165) is 100 Å². The van der Waals surface area contributed by atoms with Crippen LogP contribution in [0.3, 0.4) is 0 Å². The SMILES string of the molecule is CO[C@H]1CC[C@H](COc2ncc(S(=O)(=O)NC(=O)c3ccc(N4CCN(CC5=C(c6ccc(Cl)cc6)CC(C)(C)CC5)CC4)cc3Oc3cccc4[nH]ncc34)cc2Cl)CC1. The molecule has 2 aromatic heterocycles. The highest BCUT2D eigenvalue weighted by molar-refractivity contribution is 7.90. The highest BCUT2D eigenvalue weighted by atomic mass is 35.5. The molecular weight excluding hydrogens is 836 g/mol. The molecule has 0 bridgehead atoms. The highest BCUT2D eigenvalue weighted by Gasteiger charge is 2.30. The largest absolute Gasteiger partial charge is 0.476 e. The number of aromatic nitrogens is 3. The second kappa shape index (κ2) is 18.4. The molecule has 1 amide bonds. The van der Waals surface area contributed by atoms with Crippen molar-refractivity contribution in [2.75, 3.05) is 51.3 Å². The van der Waals surface area contributed by atoms with Gasteiger partial charge in [-0.15, -0.1) is 0 Å². The Morgan fingerprint density at radius 1 is 0.951 bits per heavy atom. The fraction of sp³-hybridized carbons (Fsp3) is 0.413. The Morgan fingerprint density at radius 2 is 1.72 bits per heavy atom. The molecule has 1 saturated heterocycles. The molecule has 1 saturated carbocycles. The number of ether oxygens (including phenoxy) is 3. The summed E-state index contributed by atoms with van der Waals surface area (Å²) in [6.45, 7) is 9.23. The van der Waals surface area contributed by atoms with E-state index in [2.05, 4.69) is 55.7 Å². The van der Waals surface area contributed by atoms with Crippen LogP contribution < -0.4 is 19.1 Å². The molecular formula is C46H52Cl2N6O6S. The van der Waals surface area contributed by atoms with Gasteiger partial charge in [0.15, 0.2) is 0 Å². The number of nitrogens with one attached hydrogen (secondary N) is 2. The lowest BCUT2D eigenvalue weighted by Crippen LogP contribution is -2.47. The Balaban J connectivity index is 0.978. The number of amides is 1. The number of piperazine rings is 1. The van der Waals surface area contributed by atoms with E-state index in [1.165, 1.54) is 22.8 Å². The van der Waals surface area contributed by atoms with Crippen LogP contribution in [0.1, 0.15) is 74.7 Å². The van der Waals surface area contributed by atoms with E-state index in [0.29, 0.717) is 23.7 Å². The second-order valence-electron chi connectivity index (χ2n) is 17.1. The van der Waals surface area contributed by atoms with Crippen LogP contribution in [0.2, 0.25) is 10.0 Å². The average molecular weight is 888 g/mol. The summed E-state index contributed by atoms with van der Waals surface area (Å²) in [7, 11) is -2.67. The number of hydrogen-bond donors (Lipinski definition) is 2. The number of methoxy groups -OCH3 is 1. The number of sulfonamides is 1. The zero-order valence-corrected chi connectivity index (χ0v) is 37.1. The average Bonchev–Trinajstić information content (AvgIpc) is 3.75. The fourth-order valence-electron chi connectivity index (χ4n) is 8.65. The van der Waals surface area contributed by atoms with Crippen molar-refractivity contribution < 1.29 is 27.4 Å². The monoisotopic (exact) mass is 886 g/mol. The smallest absolute Gasteiger partial charge is 0.268 e. The zero-order valence-electron chi connectivity index (χ0n) is 34.8. The molecule has 2 N–H and O–H groups in total. The summed E-state index contributed by atoms with van der Waals surface area (Å²) in [6, 6.07) is 20.2. The minimum Gasteiger partial charge on any atom is -0.476 e. The number of benzene rings is 3. The van der Waals surface area contributed by atoms with Gasteiger partial charge in [-0.05, 0) is 110 Å². The molecule has 61 heavy (non-hydrogen) atoms. The molecule has 5 aromatic rings. The molecule has 12 nitrogen and oxygen atoms in total. The number of carbonyl (C=O) groups excluding carboxylic acids is 1. The molecule has 2 aliphatic carbocycles. The van der Waals surface area contributed by atoms with Crippen LogP contribution in [0.25, 0.3) is 16.5 Å². The first-order valence-electron chi connectivity index (χ1n) is 20.9. The van der Waals surface area contributed by atoms with Crippen molar-refractivity contribution >= 4 is 61.3 Å². The maximum atomic E-state index is 13.9. The van der Waals surface area contributed by atoms with Gasteiger partial charge in [0.25, 0.3) is 15.9 Å². The first-order chi connectivity index (χ1) is 29.3. The number of allylic oxidation sites excluding steroid dienone is 1. The number of hydrogen-bond acceptors (Lipinski definition) is 10. The summed E-state index contributed by atoms with van der Waals surface area (Å²) in [5.41, 5.74) is 6.05. The number of H-pyrrole nitrogens is 1. The van der Waals surface area contributed by atoms with E-state index >= 15 is 0 Å². The highest BCUT2D eigenvalue weighted by Crippen LogP contribution is 2.43. The first kappa shape index (κ1) is 43.0. The van der Waals surface area contributed by atoms with Gasteiger partial charge in [0.2, 0.25) is 5.88 Å². The molecule has 0 spiro atoms. The number of anilines is 1. The Kier molecular flexibility index (Phi) is 12.9. The van der Waals surface area contributed by atoms with Crippen molar-refractivity contribution in [1.29, 1.82) is 0 Å². The lowest BCUT2D eigenvalue weighted by molar-refractivity contribution is 0.0478. The molecule has 0 radical (unpaired) electrons. The van der Waals surface area contributed by atoms with E-state index in [-0.39, 0.29) is 38.6 Å². The van der Waals surface area contributed by atoms with Gasteiger partial charge in [0.1, 0.15) is 21.4 Å². The molecule has 322 valence electrons. The minimum absolute atomic E-state index is 0.0315. The quantitative estimate of drug-likeness (QED) is 0.118. The van der Waals surface area contributed by atoms with E-state index in [9.17, 15) is 13.2 Å². The van der Waals surface area contributed by atoms with E-state index in [4.69, 9.17) is 37.4 Å². The standard InChI is InChI=1S/C46H52Cl2N6O6S/c1-46(2)18-17-32(38(25-46)31-9-11-33(47)12-10-31)28-53-19-21-54(22-20-53)34-13-16-37(43(23-34)60-42-6-4-5-41-39(42)27-50-51-41)44(55)52-61(56,57)36-24-40(48)45(49-26-36)59-29-30-7-14-35(58-3)15-8-30/h4-6,9-13,16,23-24,26-27,30,35H,7-8,14-15,17-22,25,28-29H2,1-3H3,(H,50,51)(H,52,55)/t30-,35-. The van der Waals surface area contributed by atoms with Crippen molar-refractivity contribution in [3.05, 3.63) is 106 Å². The van der Waals surface area contributed by atoms with Crippen molar-refractivity contribution in [2.45, 2.75) is 69.8 Å². The molecule has 3 aliphatic rings. The predicted molar refractivity (Wildman–Crippen MR) is 239 cm³/mol. The molecule has 15 heteroatoms. The maximum absolute atomic E-state index is 13.9.